The van der Waals surface area contributed by atoms with Crippen LogP contribution in [-0.2, 0) is 11.8 Å². The third-order valence-corrected chi connectivity index (χ3v) is 8.05. The van der Waals surface area contributed by atoms with Gasteiger partial charge in [-0.2, -0.15) is 18.4 Å². The Balaban J connectivity index is 1.40. The lowest BCUT2D eigenvalue weighted by Gasteiger charge is -2.42. The first-order chi connectivity index (χ1) is 18.6. The third-order valence-electron chi connectivity index (χ3n) is 8.05. The highest BCUT2D eigenvalue weighted by Crippen LogP contribution is 2.46. The number of rotatable bonds is 5. The van der Waals surface area contributed by atoms with Crippen LogP contribution in [-0.4, -0.2) is 52.2 Å². The molecule has 0 bridgehead atoms. The maximum atomic E-state index is 13.0. The number of carbonyl (C=O) groups is 1. The number of nitriles is 1. The van der Waals surface area contributed by atoms with Gasteiger partial charge in [0, 0.05) is 55.3 Å². The molecule has 7 nitrogen and oxygen atoms in total. The van der Waals surface area contributed by atoms with Crippen molar-refractivity contribution >= 4 is 22.5 Å². The first-order valence-corrected chi connectivity index (χ1v) is 13.3. The van der Waals surface area contributed by atoms with Crippen LogP contribution in [0.1, 0.15) is 49.3 Å². The van der Waals surface area contributed by atoms with Crippen LogP contribution in [0.2, 0.25) is 0 Å². The van der Waals surface area contributed by atoms with E-state index in [0.717, 1.165) is 47.9 Å². The lowest BCUT2D eigenvalue weighted by molar-refractivity contribution is -0.163. The molecular weight excluding hydrogens is 507 g/mol. The summed E-state index contributed by atoms with van der Waals surface area (Å²) < 4.78 is 40.5. The Hall–Kier alpha value is -3.87. The zero-order valence-electron chi connectivity index (χ0n) is 21.5. The summed E-state index contributed by atoms with van der Waals surface area (Å²) in [6, 6.07) is 11.2. The van der Waals surface area contributed by atoms with Gasteiger partial charge in [0.2, 0.25) is 5.91 Å². The Kier molecular flexibility index (Phi) is 6.12. The van der Waals surface area contributed by atoms with Gasteiger partial charge in [0.25, 0.3) is 5.56 Å². The maximum absolute atomic E-state index is 13.0. The van der Waals surface area contributed by atoms with Crippen molar-refractivity contribution in [3.05, 3.63) is 58.1 Å². The third kappa shape index (κ3) is 4.86. The minimum atomic E-state index is -4.54. The van der Waals surface area contributed by atoms with Crippen LogP contribution < -0.4 is 10.5 Å². The normalized spacial score (nSPS) is 19.8. The number of piperazine rings is 1. The molecule has 1 aliphatic heterocycles. The van der Waals surface area contributed by atoms with E-state index in [4.69, 9.17) is 4.98 Å². The van der Waals surface area contributed by atoms with Gasteiger partial charge in [-0.05, 0) is 49.1 Å². The van der Waals surface area contributed by atoms with E-state index in [2.05, 4.69) is 6.07 Å². The van der Waals surface area contributed by atoms with Crippen LogP contribution in [0, 0.1) is 17.2 Å². The highest BCUT2D eigenvalue weighted by molar-refractivity contribution is 5.97. The molecule has 202 valence electrons. The summed E-state index contributed by atoms with van der Waals surface area (Å²) in [5, 5.41) is 11.6. The second kappa shape index (κ2) is 9.40. The van der Waals surface area contributed by atoms with Gasteiger partial charge in [-0.3, -0.25) is 9.59 Å². The number of carbonyl (C=O) groups excluding carboxylic acids is 1. The number of aromatic nitrogens is 2. The van der Waals surface area contributed by atoms with E-state index in [1.54, 1.807) is 23.9 Å². The zero-order valence-corrected chi connectivity index (χ0v) is 21.5. The second-order valence-corrected chi connectivity index (χ2v) is 10.9. The van der Waals surface area contributed by atoms with Gasteiger partial charge in [0.15, 0.2) is 0 Å². The lowest BCUT2D eigenvalue weighted by atomic mass is 9.95. The number of hydrogen-bond donors (Lipinski definition) is 0. The van der Waals surface area contributed by atoms with Gasteiger partial charge < -0.3 is 14.4 Å². The van der Waals surface area contributed by atoms with E-state index >= 15 is 0 Å². The van der Waals surface area contributed by atoms with E-state index in [-0.39, 0.29) is 30.0 Å². The number of hydrogen-bond acceptors (Lipinski definition) is 5. The number of anilines is 1. The Bertz CT molecular complexity index is 1570. The molecule has 0 N–H and O–H groups in total. The Morgan fingerprint density at radius 3 is 2.46 bits per heavy atom. The van der Waals surface area contributed by atoms with Gasteiger partial charge in [0.05, 0.1) is 17.3 Å². The van der Waals surface area contributed by atoms with Crippen molar-refractivity contribution in [2.75, 3.05) is 24.5 Å². The summed E-state index contributed by atoms with van der Waals surface area (Å²) in [5.41, 5.74) is 2.80. The van der Waals surface area contributed by atoms with Crippen LogP contribution in [0.5, 0.6) is 0 Å². The second-order valence-electron chi connectivity index (χ2n) is 10.9. The molecule has 2 aliphatic carbocycles. The fourth-order valence-corrected chi connectivity index (χ4v) is 5.82. The Morgan fingerprint density at radius 1 is 1.10 bits per heavy atom. The van der Waals surface area contributed by atoms with Crippen molar-refractivity contribution in [1.29, 1.82) is 5.26 Å². The van der Waals surface area contributed by atoms with Crippen LogP contribution in [0.4, 0.5) is 19.0 Å². The van der Waals surface area contributed by atoms with Crippen molar-refractivity contribution in [1.82, 2.24) is 14.5 Å². The summed E-state index contributed by atoms with van der Waals surface area (Å²) >= 11 is 0. The number of benzene rings is 1. The van der Waals surface area contributed by atoms with Gasteiger partial charge >= 0.3 is 6.18 Å². The Labute approximate surface area is 223 Å². The Morgan fingerprint density at radius 2 is 1.82 bits per heavy atom. The van der Waals surface area contributed by atoms with E-state index in [1.807, 2.05) is 29.2 Å². The van der Waals surface area contributed by atoms with Crippen molar-refractivity contribution in [2.45, 2.75) is 50.2 Å². The molecule has 1 atom stereocenters. The monoisotopic (exact) mass is 535 g/mol. The number of nitrogens with zero attached hydrogens (tertiary/aromatic N) is 5. The minimum absolute atomic E-state index is 0.100. The average Bonchev–Trinajstić information content (AvgIpc) is 3.82. The van der Waals surface area contributed by atoms with E-state index in [0.29, 0.717) is 29.9 Å². The number of pyridine rings is 2. The van der Waals surface area contributed by atoms with Gasteiger partial charge in [0.1, 0.15) is 18.3 Å². The SMILES string of the molecule is Cn1cc(-c2cc(C#N)c(N3CCN(C(=O)CC(F)(F)F)C(C4CC4)C3)nc2C2CC2)c2ccccc2c1=O. The van der Waals surface area contributed by atoms with Crippen LogP contribution in [0.3, 0.4) is 0 Å². The van der Waals surface area contributed by atoms with E-state index < -0.39 is 18.5 Å². The highest BCUT2D eigenvalue weighted by Gasteiger charge is 2.44. The summed E-state index contributed by atoms with van der Waals surface area (Å²) in [6.45, 7) is 0.817. The van der Waals surface area contributed by atoms with Crippen LogP contribution in [0.15, 0.2) is 41.3 Å². The average molecular weight is 536 g/mol. The van der Waals surface area contributed by atoms with Crippen molar-refractivity contribution in [3.8, 4) is 17.2 Å². The molecule has 10 heteroatoms. The lowest BCUT2D eigenvalue weighted by Crippen LogP contribution is -2.57. The largest absolute Gasteiger partial charge is 0.397 e. The van der Waals surface area contributed by atoms with Gasteiger partial charge in [-0.1, -0.05) is 18.2 Å². The number of fused-ring (bicyclic) bond motifs is 1. The first kappa shape index (κ1) is 25.4. The fourth-order valence-electron chi connectivity index (χ4n) is 5.82. The molecule has 6 rings (SSSR count). The van der Waals surface area contributed by atoms with Crippen LogP contribution >= 0.6 is 0 Å². The van der Waals surface area contributed by atoms with Crippen molar-refractivity contribution in [3.63, 3.8) is 0 Å². The predicted octanol–water partition coefficient (Wildman–Crippen LogP) is 4.73. The summed E-state index contributed by atoms with van der Waals surface area (Å²) in [4.78, 5) is 33.7. The quantitative estimate of drug-likeness (QED) is 0.472. The molecule has 1 aromatic carbocycles. The number of amides is 1. The molecule has 39 heavy (non-hydrogen) atoms. The molecule has 0 radical (unpaired) electrons. The smallest absolute Gasteiger partial charge is 0.352 e. The molecule has 3 aromatic rings. The molecule has 1 amide bonds. The topological polar surface area (TPSA) is 82.2 Å². The van der Waals surface area contributed by atoms with Crippen molar-refractivity contribution in [2.24, 2.45) is 13.0 Å². The molecule has 1 saturated heterocycles. The minimum Gasteiger partial charge on any atom is -0.352 e. The molecular formula is C29H28F3N5O2. The predicted molar refractivity (Wildman–Crippen MR) is 140 cm³/mol. The molecule has 0 spiro atoms. The molecule has 3 heterocycles. The maximum Gasteiger partial charge on any atom is 0.397 e. The van der Waals surface area contributed by atoms with Gasteiger partial charge in [-0.15, -0.1) is 0 Å². The molecule has 2 aromatic heterocycles. The zero-order chi connectivity index (χ0) is 27.5. The first-order valence-electron chi connectivity index (χ1n) is 13.3. The molecule has 1 unspecified atom stereocenters. The fraction of sp³-hybridized carbons (Fsp3) is 0.448. The molecule has 2 saturated carbocycles. The number of alkyl halides is 3. The van der Waals surface area contributed by atoms with Crippen molar-refractivity contribution < 1.29 is 18.0 Å². The summed E-state index contributed by atoms with van der Waals surface area (Å²) in [7, 11) is 1.71. The van der Waals surface area contributed by atoms with E-state index in [9.17, 15) is 28.0 Å². The summed E-state index contributed by atoms with van der Waals surface area (Å²) in [5.74, 6) is 0.0278. The molecule has 3 aliphatic rings. The van der Waals surface area contributed by atoms with Gasteiger partial charge in [-0.25, -0.2) is 4.98 Å². The van der Waals surface area contributed by atoms with Crippen LogP contribution in [0.25, 0.3) is 21.9 Å². The standard InChI is InChI=1S/C29H28F3N5O2/c1-35-15-23(20-4-2-3-5-21(20)28(35)39)22-12-19(14-33)27(34-26(22)18-8-9-18)36-10-11-37(24(16-36)17-6-7-17)25(38)13-29(30,31)32/h2-5,12,15,17-18,24H,6-11,13,16H2,1H3. The highest BCUT2D eigenvalue weighted by atomic mass is 19.4. The van der Waals surface area contributed by atoms with E-state index in [1.165, 1.54) is 4.90 Å². The summed E-state index contributed by atoms with van der Waals surface area (Å²) in [6.07, 6.45) is -0.511. The number of aryl methyl sites for hydroxylation is 1. The molecule has 3 fully saturated rings. The number of halogens is 3.